The molecular formula is C9H12ClF3N2. The van der Waals surface area contributed by atoms with Crippen molar-refractivity contribution in [3.63, 3.8) is 0 Å². The normalized spacial score (nSPS) is 10.9. The van der Waals surface area contributed by atoms with Gasteiger partial charge in [0.05, 0.1) is 0 Å². The summed E-state index contributed by atoms with van der Waals surface area (Å²) in [6.07, 6.45) is -3.57. The lowest BCUT2D eigenvalue weighted by molar-refractivity contribution is -0.134. The molecule has 2 N–H and O–H groups in total. The first-order valence-electron chi connectivity index (χ1n) is 4.22. The van der Waals surface area contributed by atoms with Crippen molar-refractivity contribution < 1.29 is 13.2 Å². The lowest BCUT2D eigenvalue weighted by Crippen LogP contribution is -2.09. The fourth-order valence-electron chi connectivity index (χ4n) is 1.06. The number of aromatic nitrogens is 1. The largest absolute Gasteiger partial charge is 0.389 e. The Balaban J connectivity index is 0.00000196. The summed E-state index contributed by atoms with van der Waals surface area (Å²) < 4.78 is 35.6. The number of rotatable bonds is 3. The SMILES string of the molecule is Cl.NCc1ccnc(CCC(F)(F)F)c1. The van der Waals surface area contributed by atoms with Crippen LogP contribution in [0.1, 0.15) is 17.7 Å². The Bertz CT molecular complexity index is 302. The topological polar surface area (TPSA) is 38.9 Å². The van der Waals surface area contributed by atoms with E-state index in [0.717, 1.165) is 5.56 Å². The van der Waals surface area contributed by atoms with Gasteiger partial charge in [-0.2, -0.15) is 13.2 Å². The highest BCUT2D eigenvalue weighted by Gasteiger charge is 2.26. The highest BCUT2D eigenvalue weighted by molar-refractivity contribution is 5.85. The third kappa shape index (κ3) is 5.59. The third-order valence-electron chi connectivity index (χ3n) is 1.78. The molecule has 0 aliphatic rings. The first kappa shape index (κ1) is 14.2. The van der Waals surface area contributed by atoms with E-state index in [4.69, 9.17) is 5.73 Å². The maximum absolute atomic E-state index is 11.9. The van der Waals surface area contributed by atoms with Gasteiger partial charge in [0, 0.05) is 24.9 Å². The maximum atomic E-state index is 11.9. The van der Waals surface area contributed by atoms with Gasteiger partial charge in [-0.05, 0) is 24.1 Å². The summed E-state index contributed by atoms with van der Waals surface area (Å²) in [6.45, 7) is 0.321. The first-order chi connectivity index (χ1) is 6.51. The van der Waals surface area contributed by atoms with Gasteiger partial charge >= 0.3 is 6.18 Å². The van der Waals surface area contributed by atoms with E-state index in [2.05, 4.69) is 4.98 Å². The third-order valence-corrected chi connectivity index (χ3v) is 1.78. The van der Waals surface area contributed by atoms with E-state index in [9.17, 15) is 13.2 Å². The number of nitrogens with zero attached hydrogens (tertiary/aromatic N) is 1. The maximum Gasteiger partial charge on any atom is 0.389 e. The van der Waals surface area contributed by atoms with Gasteiger partial charge in [0.25, 0.3) is 0 Å². The molecule has 2 nitrogen and oxygen atoms in total. The number of pyridine rings is 1. The Hall–Kier alpha value is -0.810. The fraction of sp³-hybridized carbons (Fsp3) is 0.444. The molecule has 0 aliphatic carbocycles. The molecule has 15 heavy (non-hydrogen) atoms. The molecular weight excluding hydrogens is 229 g/mol. The number of hydrogen-bond acceptors (Lipinski definition) is 2. The second-order valence-corrected chi connectivity index (χ2v) is 2.97. The summed E-state index contributed by atoms with van der Waals surface area (Å²) in [5, 5.41) is 0. The van der Waals surface area contributed by atoms with Crippen LogP contribution in [0.2, 0.25) is 0 Å². The molecule has 0 bridgehead atoms. The molecule has 1 aromatic rings. The van der Waals surface area contributed by atoms with Crippen molar-refractivity contribution in [2.45, 2.75) is 25.6 Å². The lowest BCUT2D eigenvalue weighted by Gasteiger charge is -2.06. The summed E-state index contributed by atoms with van der Waals surface area (Å²) in [5.74, 6) is 0. The Morgan fingerprint density at radius 3 is 2.53 bits per heavy atom. The second kappa shape index (κ2) is 5.92. The van der Waals surface area contributed by atoms with Crippen LogP contribution in [-0.2, 0) is 13.0 Å². The zero-order chi connectivity index (χ0) is 10.6. The van der Waals surface area contributed by atoms with Gasteiger partial charge in [-0.1, -0.05) is 0 Å². The molecule has 0 unspecified atom stereocenters. The highest BCUT2D eigenvalue weighted by Crippen LogP contribution is 2.21. The van der Waals surface area contributed by atoms with E-state index in [1.54, 1.807) is 12.1 Å². The molecule has 1 aromatic heterocycles. The number of alkyl halides is 3. The van der Waals surface area contributed by atoms with Gasteiger partial charge in [-0.3, -0.25) is 4.98 Å². The summed E-state index contributed by atoms with van der Waals surface area (Å²) >= 11 is 0. The molecule has 0 amide bonds. The molecule has 0 saturated carbocycles. The Kier molecular flexibility index (Phi) is 5.60. The standard InChI is InChI=1S/C9H11F3N2.ClH/c10-9(11,12)3-1-8-5-7(6-13)2-4-14-8;/h2,4-5H,1,3,6,13H2;1H. The smallest absolute Gasteiger partial charge is 0.326 e. The molecule has 0 fully saturated rings. The van der Waals surface area contributed by atoms with E-state index in [1.165, 1.54) is 6.20 Å². The lowest BCUT2D eigenvalue weighted by atomic mass is 10.1. The number of aryl methyl sites for hydroxylation is 1. The second-order valence-electron chi connectivity index (χ2n) is 2.97. The molecule has 0 aromatic carbocycles. The van der Waals surface area contributed by atoms with Gasteiger partial charge in [0.2, 0.25) is 0 Å². The minimum atomic E-state index is -4.12. The van der Waals surface area contributed by atoms with Crippen molar-refractivity contribution in [1.29, 1.82) is 0 Å². The van der Waals surface area contributed by atoms with Crippen LogP contribution in [-0.4, -0.2) is 11.2 Å². The Morgan fingerprint density at radius 2 is 2.00 bits per heavy atom. The van der Waals surface area contributed by atoms with Crippen molar-refractivity contribution in [3.05, 3.63) is 29.6 Å². The summed E-state index contributed by atoms with van der Waals surface area (Å²) in [4.78, 5) is 3.83. The molecule has 6 heteroatoms. The molecule has 0 spiro atoms. The predicted octanol–water partition coefficient (Wildman–Crippen LogP) is 2.46. The van der Waals surface area contributed by atoms with Crippen LogP contribution >= 0.6 is 12.4 Å². The van der Waals surface area contributed by atoms with Crippen LogP contribution < -0.4 is 5.73 Å². The average Bonchev–Trinajstić information content (AvgIpc) is 2.14. The van der Waals surface area contributed by atoms with Gasteiger partial charge in [-0.25, -0.2) is 0 Å². The van der Waals surface area contributed by atoms with Gasteiger partial charge in [0.15, 0.2) is 0 Å². The number of halogens is 4. The van der Waals surface area contributed by atoms with Crippen LogP contribution in [0, 0.1) is 0 Å². The summed E-state index contributed by atoms with van der Waals surface area (Å²) in [5.41, 5.74) is 6.59. The predicted molar refractivity (Wildman–Crippen MR) is 53.8 cm³/mol. The van der Waals surface area contributed by atoms with E-state index < -0.39 is 12.6 Å². The van der Waals surface area contributed by atoms with Crippen molar-refractivity contribution in [1.82, 2.24) is 4.98 Å². The molecule has 1 rings (SSSR count). The van der Waals surface area contributed by atoms with Crippen LogP contribution in [0.3, 0.4) is 0 Å². The van der Waals surface area contributed by atoms with Crippen LogP contribution in [0.15, 0.2) is 18.3 Å². The monoisotopic (exact) mass is 240 g/mol. The van der Waals surface area contributed by atoms with E-state index in [-0.39, 0.29) is 18.8 Å². The molecule has 86 valence electrons. The zero-order valence-electron chi connectivity index (χ0n) is 7.92. The van der Waals surface area contributed by atoms with Gasteiger partial charge in [0.1, 0.15) is 0 Å². The Labute approximate surface area is 92.1 Å². The number of nitrogens with two attached hydrogens (primary N) is 1. The van der Waals surface area contributed by atoms with Gasteiger partial charge in [-0.15, -0.1) is 12.4 Å². The Morgan fingerprint density at radius 1 is 1.33 bits per heavy atom. The summed E-state index contributed by atoms with van der Waals surface area (Å²) in [6, 6.07) is 3.29. The van der Waals surface area contributed by atoms with Crippen molar-refractivity contribution >= 4 is 12.4 Å². The molecule has 0 atom stereocenters. The van der Waals surface area contributed by atoms with Crippen LogP contribution in [0.4, 0.5) is 13.2 Å². The van der Waals surface area contributed by atoms with Crippen molar-refractivity contribution in [2.24, 2.45) is 5.73 Å². The van der Waals surface area contributed by atoms with Crippen molar-refractivity contribution in [2.75, 3.05) is 0 Å². The highest BCUT2D eigenvalue weighted by atomic mass is 35.5. The van der Waals surface area contributed by atoms with E-state index in [0.29, 0.717) is 12.2 Å². The molecule has 0 saturated heterocycles. The summed E-state index contributed by atoms with van der Waals surface area (Å²) in [7, 11) is 0. The number of hydrogen-bond donors (Lipinski definition) is 1. The molecule has 0 aliphatic heterocycles. The minimum Gasteiger partial charge on any atom is -0.326 e. The van der Waals surface area contributed by atoms with Gasteiger partial charge < -0.3 is 5.73 Å². The van der Waals surface area contributed by atoms with E-state index in [1.807, 2.05) is 0 Å². The van der Waals surface area contributed by atoms with E-state index >= 15 is 0 Å². The van der Waals surface area contributed by atoms with Crippen LogP contribution in [0.5, 0.6) is 0 Å². The molecule has 0 radical (unpaired) electrons. The quantitative estimate of drug-likeness (QED) is 0.882. The first-order valence-corrected chi connectivity index (χ1v) is 4.22. The zero-order valence-corrected chi connectivity index (χ0v) is 8.74. The van der Waals surface area contributed by atoms with Crippen molar-refractivity contribution in [3.8, 4) is 0 Å². The molecule has 1 heterocycles. The average molecular weight is 241 g/mol. The fourth-order valence-corrected chi connectivity index (χ4v) is 1.06. The van der Waals surface area contributed by atoms with Crippen LogP contribution in [0.25, 0.3) is 0 Å². The minimum absolute atomic E-state index is 0.